The van der Waals surface area contributed by atoms with E-state index in [2.05, 4.69) is 5.10 Å². The summed E-state index contributed by atoms with van der Waals surface area (Å²) in [6, 6.07) is -0.507. The molecule has 1 heterocycles. The maximum Gasteiger partial charge on any atom is 0.305 e. The molecule has 7 heteroatoms. The molecule has 1 aromatic rings. The van der Waals surface area contributed by atoms with Crippen molar-refractivity contribution in [2.45, 2.75) is 25.8 Å². The van der Waals surface area contributed by atoms with Crippen LogP contribution in [0.4, 0.5) is 8.78 Å². The van der Waals surface area contributed by atoms with Crippen molar-refractivity contribution in [3.05, 3.63) is 16.9 Å². The van der Waals surface area contributed by atoms with Crippen molar-refractivity contribution in [2.75, 3.05) is 0 Å². The zero-order valence-corrected chi connectivity index (χ0v) is 8.58. The Labute approximate surface area is 89.5 Å². The van der Waals surface area contributed by atoms with E-state index in [4.69, 9.17) is 16.7 Å². The summed E-state index contributed by atoms with van der Waals surface area (Å²) in [4.78, 5) is 10.4. The smallest absolute Gasteiger partial charge is 0.305 e. The molecule has 0 saturated carbocycles. The molecule has 0 saturated heterocycles. The molecule has 0 aliphatic rings. The van der Waals surface area contributed by atoms with Crippen molar-refractivity contribution in [3.63, 3.8) is 0 Å². The minimum absolute atomic E-state index is 0.151. The van der Waals surface area contributed by atoms with Crippen LogP contribution in [0, 0.1) is 0 Å². The molecule has 0 spiro atoms. The van der Waals surface area contributed by atoms with E-state index in [1.54, 1.807) is 6.92 Å². The van der Waals surface area contributed by atoms with E-state index in [9.17, 15) is 13.6 Å². The molecule has 0 aromatic carbocycles. The number of alkyl halides is 2. The van der Waals surface area contributed by atoms with Crippen molar-refractivity contribution in [1.29, 1.82) is 0 Å². The van der Waals surface area contributed by atoms with Gasteiger partial charge in [0.25, 0.3) is 6.43 Å². The van der Waals surface area contributed by atoms with Crippen LogP contribution < -0.4 is 0 Å². The quantitative estimate of drug-likeness (QED) is 0.877. The van der Waals surface area contributed by atoms with E-state index in [1.165, 1.54) is 6.20 Å². The number of carboxylic acid groups (broad SMARTS) is 1. The first kappa shape index (κ1) is 11.9. The van der Waals surface area contributed by atoms with Crippen LogP contribution in [0.25, 0.3) is 0 Å². The predicted molar refractivity (Wildman–Crippen MR) is 49.2 cm³/mol. The lowest BCUT2D eigenvalue weighted by Gasteiger charge is -2.08. The van der Waals surface area contributed by atoms with Gasteiger partial charge in [0, 0.05) is 6.20 Å². The third-order valence-corrected chi connectivity index (χ3v) is 2.13. The first-order valence-corrected chi connectivity index (χ1v) is 4.54. The molecule has 15 heavy (non-hydrogen) atoms. The van der Waals surface area contributed by atoms with Crippen molar-refractivity contribution < 1.29 is 18.7 Å². The Hall–Kier alpha value is -1.17. The first-order valence-electron chi connectivity index (χ1n) is 4.16. The van der Waals surface area contributed by atoms with Crippen LogP contribution >= 0.6 is 11.6 Å². The average Bonchev–Trinajstić information content (AvgIpc) is 2.46. The summed E-state index contributed by atoms with van der Waals surface area (Å²) in [5.41, 5.74) is -0.520. The Morgan fingerprint density at radius 3 is 2.73 bits per heavy atom. The maximum atomic E-state index is 12.3. The minimum Gasteiger partial charge on any atom is -0.481 e. The highest BCUT2D eigenvalue weighted by Crippen LogP contribution is 2.26. The number of rotatable bonds is 4. The summed E-state index contributed by atoms with van der Waals surface area (Å²) in [6.07, 6.45) is -1.74. The fourth-order valence-electron chi connectivity index (χ4n) is 1.10. The lowest BCUT2D eigenvalue weighted by Crippen LogP contribution is -2.11. The SMILES string of the molecule is C[C@H](CC(=O)O)n1cc(Cl)c(C(F)F)n1. The van der Waals surface area contributed by atoms with Gasteiger partial charge in [-0.15, -0.1) is 0 Å². The molecule has 0 radical (unpaired) electrons. The van der Waals surface area contributed by atoms with Gasteiger partial charge in [0.15, 0.2) is 0 Å². The molecule has 0 unspecified atom stereocenters. The van der Waals surface area contributed by atoms with Crippen LogP contribution in [-0.4, -0.2) is 20.9 Å². The van der Waals surface area contributed by atoms with Gasteiger partial charge in [-0.1, -0.05) is 11.6 Å². The molecule has 1 rings (SSSR count). The molecule has 0 bridgehead atoms. The zero-order chi connectivity index (χ0) is 11.6. The van der Waals surface area contributed by atoms with Gasteiger partial charge in [-0.05, 0) is 6.92 Å². The molecule has 0 fully saturated rings. The van der Waals surface area contributed by atoms with E-state index in [0.717, 1.165) is 4.68 Å². The molecule has 1 atom stereocenters. The van der Waals surface area contributed by atoms with Gasteiger partial charge >= 0.3 is 5.97 Å². The lowest BCUT2D eigenvalue weighted by molar-refractivity contribution is -0.137. The number of hydrogen-bond donors (Lipinski definition) is 1. The summed E-state index contributed by atoms with van der Waals surface area (Å²) in [7, 11) is 0. The van der Waals surface area contributed by atoms with Gasteiger partial charge in [0.2, 0.25) is 0 Å². The predicted octanol–water partition coefficient (Wildman–Crippen LogP) is 2.51. The third kappa shape index (κ3) is 2.89. The van der Waals surface area contributed by atoms with Crippen molar-refractivity contribution in [3.8, 4) is 0 Å². The molecule has 1 N–H and O–H groups in total. The highest BCUT2D eigenvalue weighted by atomic mass is 35.5. The highest BCUT2D eigenvalue weighted by Gasteiger charge is 2.19. The first-order chi connectivity index (χ1) is 6.91. The molecule has 84 valence electrons. The second-order valence-electron chi connectivity index (χ2n) is 3.09. The number of carbonyl (C=O) groups is 1. The van der Waals surface area contributed by atoms with E-state index < -0.39 is 24.1 Å². The average molecular weight is 239 g/mol. The van der Waals surface area contributed by atoms with Crippen LogP contribution in [0.3, 0.4) is 0 Å². The summed E-state index contributed by atoms with van der Waals surface area (Å²) in [6.45, 7) is 1.56. The van der Waals surface area contributed by atoms with Crippen molar-refractivity contribution >= 4 is 17.6 Å². The maximum absolute atomic E-state index is 12.3. The zero-order valence-electron chi connectivity index (χ0n) is 7.82. The van der Waals surface area contributed by atoms with Gasteiger partial charge in [-0.25, -0.2) is 8.78 Å². The highest BCUT2D eigenvalue weighted by molar-refractivity contribution is 6.31. The molecule has 4 nitrogen and oxygen atoms in total. The van der Waals surface area contributed by atoms with Crippen molar-refractivity contribution in [2.24, 2.45) is 0 Å². The number of nitrogens with zero attached hydrogens (tertiary/aromatic N) is 2. The summed E-state index contributed by atoms with van der Waals surface area (Å²) in [5.74, 6) is -1.02. The van der Waals surface area contributed by atoms with Gasteiger partial charge in [0.1, 0.15) is 5.69 Å². The Balaban J connectivity index is 2.87. The Morgan fingerprint density at radius 2 is 2.33 bits per heavy atom. The topological polar surface area (TPSA) is 55.1 Å². The van der Waals surface area contributed by atoms with Gasteiger partial charge in [-0.2, -0.15) is 5.10 Å². The van der Waals surface area contributed by atoms with Crippen LogP contribution in [-0.2, 0) is 4.79 Å². The third-order valence-electron chi connectivity index (χ3n) is 1.84. The molecule has 0 amide bonds. The fraction of sp³-hybridized carbons (Fsp3) is 0.500. The van der Waals surface area contributed by atoms with Crippen molar-refractivity contribution in [1.82, 2.24) is 9.78 Å². The van der Waals surface area contributed by atoms with Crippen LogP contribution in [0.15, 0.2) is 6.20 Å². The van der Waals surface area contributed by atoms with Crippen LogP contribution in [0.1, 0.15) is 31.5 Å². The van der Waals surface area contributed by atoms with E-state index >= 15 is 0 Å². The molecular weight excluding hydrogens is 230 g/mol. The Kier molecular flexibility index (Phi) is 3.62. The lowest BCUT2D eigenvalue weighted by atomic mass is 10.2. The largest absolute Gasteiger partial charge is 0.481 e. The molecular formula is C8H9ClF2N2O2. The monoisotopic (exact) mass is 238 g/mol. The van der Waals surface area contributed by atoms with Gasteiger partial charge < -0.3 is 5.11 Å². The molecule has 0 aliphatic heterocycles. The minimum atomic E-state index is -2.75. The normalized spacial score (nSPS) is 13.1. The molecule has 1 aromatic heterocycles. The van der Waals surface area contributed by atoms with Crippen LogP contribution in [0.5, 0.6) is 0 Å². The number of carboxylic acids is 1. The number of aromatic nitrogens is 2. The van der Waals surface area contributed by atoms with Gasteiger partial charge in [-0.3, -0.25) is 9.48 Å². The fourth-order valence-corrected chi connectivity index (χ4v) is 1.32. The standard InChI is InChI=1S/C8H9ClF2N2O2/c1-4(2-6(14)15)13-3-5(9)7(12-13)8(10)11/h3-4,8H,2H2,1H3,(H,14,15)/t4-/m1/s1. The Bertz CT molecular complexity index is 368. The number of hydrogen-bond acceptors (Lipinski definition) is 2. The summed E-state index contributed by atoms with van der Waals surface area (Å²) in [5, 5.41) is 11.9. The van der Waals surface area contributed by atoms with Crippen LogP contribution in [0.2, 0.25) is 5.02 Å². The van der Waals surface area contributed by atoms with E-state index in [0.29, 0.717) is 0 Å². The Morgan fingerprint density at radius 1 is 1.73 bits per heavy atom. The number of halogens is 3. The second-order valence-corrected chi connectivity index (χ2v) is 3.50. The second kappa shape index (κ2) is 4.57. The number of aliphatic carboxylic acids is 1. The summed E-state index contributed by atoms with van der Waals surface area (Å²) < 4.78 is 25.7. The van der Waals surface area contributed by atoms with E-state index in [1.807, 2.05) is 0 Å². The summed E-state index contributed by atoms with van der Waals surface area (Å²) >= 11 is 5.51. The van der Waals surface area contributed by atoms with E-state index in [-0.39, 0.29) is 11.4 Å². The molecule has 0 aliphatic carbocycles. The van der Waals surface area contributed by atoms with Gasteiger partial charge in [0.05, 0.1) is 17.5 Å².